The Balaban J connectivity index is 2.38. The van der Waals surface area contributed by atoms with Gasteiger partial charge in [-0.15, -0.1) is 0 Å². The average molecular weight is 268 g/mol. The van der Waals surface area contributed by atoms with Gasteiger partial charge in [0.25, 0.3) is 0 Å². The monoisotopic (exact) mass is 268 g/mol. The SMILES string of the molecule is CCC[C@@H](NC(=O)NC(C)Cn1ccnc1)C(=O)O. The van der Waals surface area contributed by atoms with Gasteiger partial charge in [-0.05, 0) is 13.3 Å². The number of carboxylic acids is 1. The first kappa shape index (κ1) is 15.0. The first-order valence-electron chi connectivity index (χ1n) is 6.28. The van der Waals surface area contributed by atoms with Gasteiger partial charge in [-0.3, -0.25) is 0 Å². The minimum absolute atomic E-state index is 0.120. The number of aromatic nitrogens is 2. The Morgan fingerprint density at radius 1 is 1.42 bits per heavy atom. The van der Waals surface area contributed by atoms with Crippen LogP contribution in [0, 0.1) is 0 Å². The van der Waals surface area contributed by atoms with Crippen LogP contribution < -0.4 is 10.6 Å². The molecule has 0 radical (unpaired) electrons. The van der Waals surface area contributed by atoms with Gasteiger partial charge in [-0.25, -0.2) is 14.6 Å². The van der Waals surface area contributed by atoms with Gasteiger partial charge in [0.2, 0.25) is 0 Å². The highest BCUT2D eigenvalue weighted by atomic mass is 16.4. The molecule has 2 amide bonds. The van der Waals surface area contributed by atoms with Gasteiger partial charge in [0, 0.05) is 25.0 Å². The largest absolute Gasteiger partial charge is 0.480 e. The van der Waals surface area contributed by atoms with Crippen LogP contribution in [0.25, 0.3) is 0 Å². The highest BCUT2D eigenvalue weighted by molar-refractivity contribution is 5.82. The van der Waals surface area contributed by atoms with Crippen LogP contribution in [-0.4, -0.2) is 38.7 Å². The Morgan fingerprint density at radius 2 is 2.16 bits per heavy atom. The van der Waals surface area contributed by atoms with Crippen LogP contribution in [0.2, 0.25) is 0 Å². The third-order valence-electron chi connectivity index (χ3n) is 2.60. The van der Waals surface area contributed by atoms with E-state index in [9.17, 15) is 9.59 Å². The van der Waals surface area contributed by atoms with Crippen LogP contribution in [0.4, 0.5) is 4.79 Å². The summed E-state index contributed by atoms with van der Waals surface area (Å²) in [5.74, 6) is -1.01. The number of hydrogen-bond donors (Lipinski definition) is 3. The van der Waals surface area contributed by atoms with Crippen molar-refractivity contribution in [1.29, 1.82) is 0 Å². The number of carbonyl (C=O) groups excluding carboxylic acids is 1. The summed E-state index contributed by atoms with van der Waals surface area (Å²) in [6, 6.07) is -1.43. The fraction of sp³-hybridized carbons (Fsp3) is 0.583. The van der Waals surface area contributed by atoms with E-state index in [2.05, 4.69) is 15.6 Å². The minimum Gasteiger partial charge on any atom is -0.480 e. The van der Waals surface area contributed by atoms with Gasteiger partial charge in [0.1, 0.15) is 6.04 Å². The molecule has 2 atom stereocenters. The Bertz CT molecular complexity index is 405. The molecule has 0 spiro atoms. The molecule has 0 aliphatic heterocycles. The standard InChI is InChI=1S/C12H20N4O3/c1-3-4-10(11(17)18)15-12(19)14-9(2)7-16-6-5-13-8-16/h5-6,8-10H,3-4,7H2,1-2H3,(H,17,18)(H2,14,15,19)/t9?,10-/m1/s1. The number of amides is 2. The van der Waals surface area contributed by atoms with E-state index >= 15 is 0 Å². The van der Waals surface area contributed by atoms with E-state index in [1.807, 2.05) is 18.4 Å². The summed E-state index contributed by atoms with van der Waals surface area (Å²) in [6.07, 6.45) is 6.23. The first-order valence-corrected chi connectivity index (χ1v) is 6.28. The summed E-state index contributed by atoms with van der Waals surface area (Å²) in [5, 5.41) is 14.1. The van der Waals surface area contributed by atoms with Gasteiger partial charge in [0.15, 0.2) is 0 Å². The third kappa shape index (κ3) is 5.41. The number of urea groups is 1. The van der Waals surface area contributed by atoms with E-state index in [4.69, 9.17) is 5.11 Å². The number of rotatable bonds is 7. The predicted molar refractivity (Wildman–Crippen MR) is 69.7 cm³/mol. The molecule has 0 bridgehead atoms. The van der Waals surface area contributed by atoms with Gasteiger partial charge < -0.3 is 20.3 Å². The summed E-state index contributed by atoms with van der Waals surface area (Å²) in [5.41, 5.74) is 0. The van der Waals surface area contributed by atoms with Crippen LogP contribution >= 0.6 is 0 Å². The fourth-order valence-electron chi connectivity index (χ4n) is 1.73. The molecule has 106 valence electrons. The van der Waals surface area contributed by atoms with E-state index < -0.39 is 18.0 Å². The summed E-state index contributed by atoms with van der Waals surface area (Å²) in [6.45, 7) is 4.30. The molecule has 1 heterocycles. The molecule has 19 heavy (non-hydrogen) atoms. The summed E-state index contributed by atoms with van der Waals surface area (Å²) in [4.78, 5) is 26.5. The van der Waals surface area contributed by atoms with E-state index in [-0.39, 0.29) is 6.04 Å². The highest BCUT2D eigenvalue weighted by Crippen LogP contribution is 1.97. The topological polar surface area (TPSA) is 96.3 Å². The van der Waals surface area contributed by atoms with E-state index in [1.165, 1.54) is 0 Å². The Labute approximate surface area is 112 Å². The lowest BCUT2D eigenvalue weighted by atomic mass is 10.2. The van der Waals surface area contributed by atoms with Crippen LogP contribution in [0.5, 0.6) is 0 Å². The second-order valence-electron chi connectivity index (χ2n) is 4.46. The van der Waals surface area contributed by atoms with Crippen molar-refractivity contribution in [3.63, 3.8) is 0 Å². The maximum absolute atomic E-state index is 11.7. The van der Waals surface area contributed by atoms with Crippen molar-refractivity contribution < 1.29 is 14.7 Å². The molecule has 3 N–H and O–H groups in total. The normalized spacial score (nSPS) is 13.6. The van der Waals surface area contributed by atoms with Crippen LogP contribution in [0.15, 0.2) is 18.7 Å². The molecular formula is C12H20N4O3. The van der Waals surface area contributed by atoms with Crippen molar-refractivity contribution >= 4 is 12.0 Å². The highest BCUT2D eigenvalue weighted by Gasteiger charge is 2.19. The lowest BCUT2D eigenvalue weighted by molar-refractivity contribution is -0.139. The molecule has 0 fully saturated rings. The van der Waals surface area contributed by atoms with Crippen molar-refractivity contribution in [2.45, 2.75) is 45.3 Å². The zero-order chi connectivity index (χ0) is 14.3. The number of nitrogens with one attached hydrogen (secondary N) is 2. The van der Waals surface area contributed by atoms with E-state index in [0.717, 1.165) is 0 Å². The molecule has 1 aromatic rings. The molecule has 0 aliphatic rings. The van der Waals surface area contributed by atoms with Crippen LogP contribution in [0.1, 0.15) is 26.7 Å². The van der Waals surface area contributed by atoms with Crippen molar-refractivity contribution in [1.82, 2.24) is 20.2 Å². The maximum Gasteiger partial charge on any atom is 0.326 e. The van der Waals surface area contributed by atoms with Gasteiger partial charge in [-0.2, -0.15) is 0 Å². The molecule has 0 aliphatic carbocycles. The minimum atomic E-state index is -1.01. The fourth-order valence-corrected chi connectivity index (χ4v) is 1.73. The molecule has 0 saturated heterocycles. The van der Waals surface area contributed by atoms with Gasteiger partial charge >= 0.3 is 12.0 Å². The molecule has 7 heteroatoms. The smallest absolute Gasteiger partial charge is 0.326 e. The zero-order valence-electron chi connectivity index (χ0n) is 11.2. The average Bonchev–Trinajstić information content (AvgIpc) is 2.80. The van der Waals surface area contributed by atoms with E-state index in [0.29, 0.717) is 19.4 Å². The lowest BCUT2D eigenvalue weighted by Crippen LogP contribution is -2.49. The first-order chi connectivity index (χ1) is 9.02. The predicted octanol–water partition coefficient (Wildman–Crippen LogP) is 0.824. The van der Waals surface area contributed by atoms with Crippen LogP contribution in [0.3, 0.4) is 0 Å². The van der Waals surface area contributed by atoms with Gasteiger partial charge in [-0.1, -0.05) is 13.3 Å². The number of hydrogen-bond acceptors (Lipinski definition) is 3. The quantitative estimate of drug-likeness (QED) is 0.682. The number of nitrogens with zero attached hydrogens (tertiary/aromatic N) is 2. The summed E-state index contributed by atoms with van der Waals surface area (Å²) < 4.78 is 1.84. The number of aliphatic carboxylic acids is 1. The van der Waals surface area contributed by atoms with Crippen LogP contribution in [-0.2, 0) is 11.3 Å². The Morgan fingerprint density at radius 3 is 2.68 bits per heavy atom. The molecule has 0 aromatic carbocycles. The Hall–Kier alpha value is -2.05. The van der Waals surface area contributed by atoms with Crippen molar-refractivity contribution in [3.8, 4) is 0 Å². The van der Waals surface area contributed by atoms with E-state index in [1.54, 1.807) is 18.7 Å². The number of carbonyl (C=O) groups is 2. The third-order valence-corrected chi connectivity index (χ3v) is 2.60. The van der Waals surface area contributed by atoms with Crippen molar-refractivity contribution in [2.75, 3.05) is 0 Å². The molecule has 1 rings (SSSR count). The van der Waals surface area contributed by atoms with Crippen molar-refractivity contribution in [2.24, 2.45) is 0 Å². The lowest BCUT2D eigenvalue weighted by Gasteiger charge is -2.18. The maximum atomic E-state index is 11.7. The zero-order valence-corrected chi connectivity index (χ0v) is 11.2. The molecule has 1 aromatic heterocycles. The second kappa shape index (κ2) is 7.40. The van der Waals surface area contributed by atoms with Gasteiger partial charge in [0.05, 0.1) is 6.33 Å². The molecule has 0 saturated carbocycles. The summed E-state index contributed by atoms with van der Waals surface area (Å²) >= 11 is 0. The molecule has 1 unspecified atom stereocenters. The molecule has 7 nitrogen and oxygen atoms in total. The number of imidazole rings is 1. The Kier molecular flexibility index (Phi) is 5.84. The molecular weight excluding hydrogens is 248 g/mol. The summed E-state index contributed by atoms with van der Waals surface area (Å²) in [7, 11) is 0. The van der Waals surface area contributed by atoms with Crippen molar-refractivity contribution in [3.05, 3.63) is 18.7 Å². The second-order valence-corrected chi connectivity index (χ2v) is 4.46. The number of carboxylic acid groups (broad SMARTS) is 1.